The normalized spacial score (nSPS) is 41.6. The van der Waals surface area contributed by atoms with Gasteiger partial charge >= 0.3 is 5.97 Å². The van der Waals surface area contributed by atoms with Gasteiger partial charge < -0.3 is 20.4 Å². The number of hydrogen-bond acceptors (Lipinski definition) is 5. The lowest BCUT2D eigenvalue weighted by molar-refractivity contribution is -0.142. The van der Waals surface area contributed by atoms with Crippen LogP contribution in [0.15, 0.2) is 0 Å². The Hall–Kier alpha value is -0.690. The second-order valence-corrected chi connectivity index (χ2v) is 2.75. The fourth-order valence-electron chi connectivity index (χ4n) is 1.24. The van der Waals surface area contributed by atoms with Crippen LogP contribution < -0.4 is 5.32 Å². The molecule has 6 heteroatoms. The van der Waals surface area contributed by atoms with Gasteiger partial charge in [0.15, 0.2) is 0 Å². The van der Waals surface area contributed by atoms with Crippen molar-refractivity contribution < 1.29 is 25.2 Å². The van der Waals surface area contributed by atoms with E-state index >= 15 is 0 Å². The van der Waals surface area contributed by atoms with E-state index in [0.717, 1.165) is 0 Å². The van der Waals surface area contributed by atoms with Gasteiger partial charge in [0.25, 0.3) is 0 Å². The molecule has 6 nitrogen and oxygen atoms in total. The van der Waals surface area contributed by atoms with Gasteiger partial charge in [-0.1, -0.05) is 0 Å². The SMILES string of the molecule is O=C(O)[C@H]1N[C@@H](CO)[C@@H](O)[C@H]1O. The number of rotatable bonds is 2. The summed E-state index contributed by atoms with van der Waals surface area (Å²) >= 11 is 0. The van der Waals surface area contributed by atoms with Gasteiger partial charge in [0.05, 0.1) is 18.8 Å². The summed E-state index contributed by atoms with van der Waals surface area (Å²) < 4.78 is 0. The number of aliphatic carboxylic acids is 1. The molecule has 5 N–H and O–H groups in total. The minimum absolute atomic E-state index is 0.401. The number of nitrogens with one attached hydrogen (secondary N) is 1. The first-order valence-electron chi connectivity index (χ1n) is 3.53. The van der Waals surface area contributed by atoms with E-state index in [9.17, 15) is 4.79 Å². The minimum atomic E-state index is -1.36. The first-order valence-corrected chi connectivity index (χ1v) is 3.53. The van der Waals surface area contributed by atoms with Crippen molar-refractivity contribution in [3.8, 4) is 0 Å². The van der Waals surface area contributed by atoms with E-state index < -0.39 is 36.9 Å². The Bertz CT molecular complexity index is 185. The summed E-state index contributed by atoms with van der Waals surface area (Å²) in [5, 5.41) is 37.8. The van der Waals surface area contributed by atoms with Crippen molar-refractivity contribution in [2.75, 3.05) is 6.61 Å². The van der Waals surface area contributed by atoms with Crippen molar-refractivity contribution >= 4 is 5.97 Å². The molecular weight excluding hydrogens is 166 g/mol. The summed E-state index contributed by atoms with van der Waals surface area (Å²) in [6.07, 6.45) is -2.59. The molecule has 1 heterocycles. The largest absolute Gasteiger partial charge is 0.480 e. The van der Waals surface area contributed by atoms with Gasteiger partial charge in [-0.2, -0.15) is 0 Å². The third kappa shape index (κ3) is 1.42. The van der Waals surface area contributed by atoms with Gasteiger partial charge in [0.1, 0.15) is 12.1 Å². The molecule has 0 spiro atoms. The van der Waals surface area contributed by atoms with Crippen LogP contribution in [0, 0.1) is 0 Å². The summed E-state index contributed by atoms with van der Waals surface area (Å²) in [5.74, 6) is -1.24. The predicted octanol–water partition coefficient (Wildman–Crippen LogP) is -2.87. The Labute approximate surface area is 68.4 Å². The van der Waals surface area contributed by atoms with Crippen LogP contribution in [0.25, 0.3) is 0 Å². The molecule has 70 valence electrons. The molecule has 1 saturated heterocycles. The third-order valence-corrected chi connectivity index (χ3v) is 1.96. The maximum Gasteiger partial charge on any atom is 0.323 e. The second-order valence-electron chi connectivity index (χ2n) is 2.75. The average Bonchev–Trinajstić information content (AvgIpc) is 2.30. The van der Waals surface area contributed by atoms with Crippen LogP contribution in [-0.2, 0) is 4.79 Å². The molecule has 0 aromatic carbocycles. The lowest BCUT2D eigenvalue weighted by Gasteiger charge is -2.11. The molecule has 0 amide bonds. The van der Waals surface area contributed by atoms with Crippen LogP contribution in [0.1, 0.15) is 0 Å². The van der Waals surface area contributed by atoms with E-state index in [-0.39, 0.29) is 0 Å². The Morgan fingerprint density at radius 2 is 1.92 bits per heavy atom. The second kappa shape index (κ2) is 3.36. The number of carboxylic acid groups (broad SMARTS) is 1. The number of carbonyl (C=O) groups is 1. The number of carboxylic acids is 1. The average molecular weight is 177 g/mol. The maximum atomic E-state index is 10.4. The Morgan fingerprint density at radius 3 is 2.17 bits per heavy atom. The fraction of sp³-hybridized carbons (Fsp3) is 0.833. The molecule has 0 bridgehead atoms. The molecule has 0 unspecified atom stereocenters. The van der Waals surface area contributed by atoms with Crippen molar-refractivity contribution in [3.63, 3.8) is 0 Å². The number of aliphatic hydroxyl groups excluding tert-OH is 3. The number of hydrogen-bond donors (Lipinski definition) is 5. The molecule has 1 fully saturated rings. The molecule has 1 rings (SSSR count). The molecule has 0 aliphatic carbocycles. The highest BCUT2D eigenvalue weighted by Crippen LogP contribution is 2.13. The van der Waals surface area contributed by atoms with Gasteiger partial charge in [0, 0.05) is 0 Å². The summed E-state index contributed by atoms with van der Waals surface area (Å²) in [5.41, 5.74) is 0. The lowest BCUT2D eigenvalue weighted by atomic mass is 10.1. The van der Waals surface area contributed by atoms with Crippen molar-refractivity contribution in [1.82, 2.24) is 5.32 Å². The Morgan fingerprint density at radius 1 is 1.33 bits per heavy atom. The predicted molar refractivity (Wildman–Crippen MR) is 37.4 cm³/mol. The van der Waals surface area contributed by atoms with E-state index in [1.165, 1.54) is 0 Å². The summed E-state index contributed by atoms with van der Waals surface area (Å²) in [6.45, 7) is -0.401. The zero-order valence-corrected chi connectivity index (χ0v) is 6.21. The first-order chi connectivity index (χ1) is 5.57. The summed E-state index contributed by atoms with van der Waals surface area (Å²) in [7, 11) is 0. The zero-order chi connectivity index (χ0) is 9.30. The Balaban J connectivity index is 2.66. The highest BCUT2D eigenvalue weighted by Gasteiger charge is 2.44. The van der Waals surface area contributed by atoms with Crippen LogP contribution in [0.3, 0.4) is 0 Å². The van der Waals surface area contributed by atoms with Crippen LogP contribution in [0.5, 0.6) is 0 Å². The van der Waals surface area contributed by atoms with Crippen LogP contribution in [-0.4, -0.2) is 57.3 Å². The van der Waals surface area contributed by atoms with Crippen LogP contribution in [0.4, 0.5) is 0 Å². The fourth-order valence-corrected chi connectivity index (χ4v) is 1.24. The lowest BCUT2D eigenvalue weighted by Crippen LogP contribution is -2.41. The molecule has 0 aromatic heterocycles. The van der Waals surface area contributed by atoms with Crippen molar-refractivity contribution in [2.24, 2.45) is 0 Å². The van der Waals surface area contributed by atoms with Gasteiger partial charge in [-0.3, -0.25) is 10.1 Å². The van der Waals surface area contributed by atoms with E-state index in [1.807, 2.05) is 0 Å². The zero-order valence-electron chi connectivity index (χ0n) is 6.21. The molecule has 4 atom stereocenters. The topological polar surface area (TPSA) is 110 Å². The van der Waals surface area contributed by atoms with Crippen LogP contribution >= 0.6 is 0 Å². The summed E-state index contributed by atoms with van der Waals surface area (Å²) in [6, 6.07) is -1.96. The smallest absolute Gasteiger partial charge is 0.323 e. The van der Waals surface area contributed by atoms with Gasteiger partial charge in [-0.05, 0) is 0 Å². The van der Waals surface area contributed by atoms with Gasteiger partial charge in [0.2, 0.25) is 0 Å². The minimum Gasteiger partial charge on any atom is -0.480 e. The van der Waals surface area contributed by atoms with E-state index in [1.54, 1.807) is 0 Å². The number of aliphatic hydroxyl groups is 3. The van der Waals surface area contributed by atoms with Gasteiger partial charge in [-0.25, -0.2) is 0 Å². The van der Waals surface area contributed by atoms with Crippen molar-refractivity contribution in [2.45, 2.75) is 24.3 Å². The van der Waals surface area contributed by atoms with Crippen LogP contribution in [0.2, 0.25) is 0 Å². The highest BCUT2D eigenvalue weighted by molar-refractivity contribution is 5.75. The maximum absolute atomic E-state index is 10.4. The Kier molecular flexibility index (Phi) is 2.63. The molecule has 1 aliphatic heterocycles. The monoisotopic (exact) mass is 177 g/mol. The third-order valence-electron chi connectivity index (χ3n) is 1.96. The summed E-state index contributed by atoms with van der Waals surface area (Å²) in [4.78, 5) is 10.4. The molecule has 12 heavy (non-hydrogen) atoms. The highest BCUT2D eigenvalue weighted by atomic mass is 16.4. The first kappa shape index (κ1) is 9.40. The molecular formula is C6H11NO5. The molecule has 0 saturated carbocycles. The van der Waals surface area contributed by atoms with Crippen molar-refractivity contribution in [3.05, 3.63) is 0 Å². The van der Waals surface area contributed by atoms with Crippen molar-refractivity contribution in [1.29, 1.82) is 0 Å². The molecule has 1 aliphatic rings. The standard InChI is InChI=1S/C6H11NO5/c8-1-2-4(9)5(10)3(7-2)6(11)12/h2-5,7-10H,1H2,(H,11,12)/t2-,3-,4+,5-/m0/s1. The molecule has 0 radical (unpaired) electrons. The van der Waals surface area contributed by atoms with Gasteiger partial charge in [-0.15, -0.1) is 0 Å². The van der Waals surface area contributed by atoms with E-state index in [4.69, 9.17) is 20.4 Å². The van der Waals surface area contributed by atoms with E-state index in [2.05, 4.69) is 5.32 Å². The molecule has 0 aromatic rings. The van der Waals surface area contributed by atoms with E-state index in [0.29, 0.717) is 0 Å². The quantitative estimate of drug-likeness (QED) is 0.310.